The summed E-state index contributed by atoms with van der Waals surface area (Å²) in [6, 6.07) is 5.67. The van der Waals surface area contributed by atoms with E-state index in [2.05, 4.69) is 10.3 Å². The van der Waals surface area contributed by atoms with Gasteiger partial charge in [0.25, 0.3) is 5.91 Å². The number of likely N-dealkylation sites (tertiary alicyclic amines) is 1. The monoisotopic (exact) mass is 367 g/mol. The number of nitrogens with one attached hydrogen (secondary N) is 1. The van der Waals surface area contributed by atoms with Crippen LogP contribution in [0.25, 0.3) is 0 Å². The minimum absolute atomic E-state index is 0.0327. The molecule has 1 fully saturated rings. The Morgan fingerprint density at radius 1 is 1.22 bits per heavy atom. The summed E-state index contributed by atoms with van der Waals surface area (Å²) in [5.41, 5.74) is 3.04. The molecule has 1 saturated heterocycles. The first kappa shape index (κ1) is 17.8. The van der Waals surface area contributed by atoms with Gasteiger partial charge in [-0.05, 0) is 62.3 Å². The van der Waals surface area contributed by atoms with Crippen molar-refractivity contribution in [3.05, 3.63) is 53.2 Å². The molecule has 6 nitrogen and oxygen atoms in total. The Bertz CT molecular complexity index is 808. The third-order valence-corrected chi connectivity index (χ3v) is 5.59. The zero-order chi connectivity index (χ0) is 18.6. The Kier molecular flexibility index (Phi) is 5.23. The highest BCUT2D eigenvalue weighted by Crippen LogP contribution is 2.23. The lowest BCUT2D eigenvalue weighted by Gasteiger charge is -2.31. The smallest absolute Gasteiger partial charge is 0.255 e. The zero-order valence-corrected chi connectivity index (χ0v) is 15.4. The molecule has 0 saturated carbocycles. The molecule has 2 amide bonds. The number of piperidine rings is 1. The molecule has 3 heterocycles. The molecule has 1 aliphatic heterocycles. The van der Waals surface area contributed by atoms with E-state index in [-0.39, 0.29) is 17.7 Å². The van der Waals surface area contributed by atoms with E-state index in [0.717, 1.165) is 24.3 Å². The number of pyridine rings is 1. The minimum atomic E-state index is -0.0503. The molecule has 142 valence electrons. The molecule has 2 aliphatic rings. The van der Waals surface area contributed by atoms with E-state index in [0.29, 0.717) is 38.0 Å². The molecule has 0 unspecified atom stereocenters. The third kappa shape index (κ3) is 4.04. The normalized spacial score (nSPS) is 17.4. The van der Waals surface area contributed by atoms with Crippen LogP contribution in [-0.2, 0) is 24.2 Å². The summed E-state index contributed by atoms with van der Waals surface area (Å²) in [5, 5.41) is 2.92. The molecule has 0 atom stereocenters. The van der Waals surface area contributed by atoms with Gasteiger partial charge in [-0.1, -0.05) is 0 Å². The summed E-state index contributed by atoms with van der Waals surface area (Å²) in [4.78, 5) is 31.5. The first-order chi connectivity index (χ1) is 13.2. The molecule has 2 aromatic heterocycles. The maximum atomic E-state index is 12.8. The Morgan fingerprint density at radius 3 is 2.81 bits per heavy atom. The van der Waals surface area contributed by atoms with Crippen LogP contribution in [0.3, 0.4) is 0 Å². The quantitative estimate of drug-likeness (QED) is 0.902. The number of carbonyl (C=O) groups excluding carboxylic acids is 2. The van der Waals surface area contributed by atoms with Gasteiger partial charge in [0.2, 0.25) is 5.91 Å². The van der Waals surface area contributed by atoms with E-state index in [9.17, 15) is 9.59 Å². The predicted octanol–water partition coefficient (Wildman–Crippen LogP) is 2.72. The minimum Gasteiger partial charge on any atom is -0.467 e. The van der Waals surface area contributed by atoms with Crippen LogP contribution in [0.2, 0.25) is 0 Å². The van der Waals surface area contributed by atoms with Crippen molar-refractivity contribution in [2.24, 2.45) is 5.92 Å². The van der Waals surface area contributed by atoms with E-state index in [1.54, 1.807) is 18.5 Å². The number of aromatic nitrogens is 1. The van der Waals surface area contributed by atoms with Gasteiger partial charge >= 0.3 is 0 Å². The van der Waals surface area contributed by atoms with Crippen LogP contribution in [0, 0.1) is 5.92 Å². The van der Waals surface area contributed by atoms with Crippen LogP contribution in [0.15, 0.2) is 35.1 Å². The van der Waals surface area contributed by atoms with Gasteiger partial charge in [0.15, 0.2) is 0 Å². The molecule has 0 spiro atoms. The van der Waals surface area contributed by atoms with E-state index >= 15 is 0 Å². The molecule has 0 radical (unpaired) electrons. The van der Waals surface area contributed by atoms with E-state index < -0.39 is 0 Å². The first-order valence-electron chi connectivity index (χ1n) is 9.78. The van der Waals surface area contributed by atoms with Crippen molar-refractivity contribution in [2.75, 3.05) is 13.1 Å². The Hall–Kier alpha value is -2.63. The van der Waals surface area contributed by atoms with Crippen LogP contribution >= 0.6 is 0 Å². The van der Waals surface area contributed by atoms with Gasteiger partial charge in [0.1, 0.15) is 5.76 Å². The third-order valence-electron chi connectivity index (χ3n) is 5.59. The number of nitrogens with zero attached hydrogens (tertiary/aromatic N) is 2. The average Bonchev–Trinajstić information content (AvgIpc) is 3.25. The number of furan rings is 1. The van der Waals surface area contributed by atoms with Crippen molar-refractivity contribution in [3.8, 4) is 0 Å². The average molecular weight is 367 g/mol. The Balaban J connectivity index is 1.30. The van der Waals surface area contributed by atoms with E-state index in [1.165, 1.54) is 18.4 Å². The highest BCUT2D eigenvalue weighted by Gasteiger charge is 2.28. The SMILES string of the molecule is O=C(NCc1ccco1)C1CCN(C(=O)c2cnc3c(c2)CCCC3)CC1. The highest BCUT2D eigenvalue weighted by molar-refractivity contribution is 5.94. The van der Waals surface area contributed by atoms with Gasteiger partial charge < -0.3 is 14.6 Å². The molecule has 1 N–H and O–H groups in total. The van der Waals surface area contributed by atoms with Gasteiger partial charge in [-0.15, -0.1) is 0 Å². The van der Waals surface area contributed by atoms with Gasteiger partial charge in [0, 0.05) is 30.9 Å². The van der Waals surface area contributed by atoms with Crippen LogP contribution < -0.4 is 5.32 Å². The van der Waals surface area contributed by atoms with Gasteiger partial charge in [-0.3, -0.25) is 14.6 Å². The summed E-state index contributed by atoms with van der Waals surface area (Å²) in [6.45, 7) is 1.62. The van der Waals surface area contributed by atoms with Crippen LogP contribution in [0.4, 0.5) is 0 Å². The van der Waals surface area contributed by atoms with Crippen LogP contribution in [0.1, 0.15) is 53.1 Å². The number of rotatable bonds is 4. The zero-order valence-electron chi connectivity index (χ0n) is 15.4. The van der Waals surface area contributed by atoms with Gasteiger partial charge in [-0.2, -0.15) is 0 Å². The molecular weight excluding hydrogens is 342 g/mol. The van der Waals surface area contributed by atoms with E-state index in [4.69, 9.17) is 4.42 Å². The molecule has 4 rings (SSSR count). The second-order valence-electron chi connectivity index (χ2n) is 7.40. The van der Waals surface area contributed by atoms with Crippen molar-refractivity contribution in [1.29, 1.82) is 0 Å². The molecule has 6 heteroatoms. The first-order valence-corrected chi connectivity index (χ1v) is 9.78. The Morgan fingerprint density at radius 2 is 2.04 bits per heavy atom. The van der Waals surface area contributed by atoms with Crippen molar-refractivity contribution in [3.63, 3.8) is 0 Å². The predicted molar refractivity (Wildman–Crippen MR) is 100 cm³/mol. The highest BCUT2D eigenvalue weighted by atomic mass is 16.3. The summed E-state index contributed by atoms with van der Waals surface area (Å²) < 4.78 is 5.23. The Labute approximate surface area is 159 Å². The molecule has 0 bridgehead atoms. The maximum Gasteiger partial charge on any atom is 0.255 e. The number of fused-ring (bicyclic) bond motifs is 1. The standard InChI is InChI=1S/C21H25N3O3/c25-20(23-14-18-5-3-11-27-18)15-7-9-24(10-8-15)21(26)17-12-16-4-1-2-6-19(16)22-13-17/h3,5,11-13,15H,1-2,4,6-10,14H2,(H,23,25). The number of aryl methyl sites for hydroxylation is 2. The van der Waals surface area contributed by atoms with E-state index in [1.807, 2.05) is 17.0 Å². The lowest BCUT2D eigenvalue weighted by atomic mass is 9.93. The van der Waals surface area contributed by atoms with Crippen molar-refractivity contribution >= 4 is 11.8 Å². The summed E-state index contributed by atoms with van der Waals surface area (Å²) >= 11 is 0. The fourth-order valence-corrected chi connectivity index (χ4v) is 3.96. The maximum absolute atomic E-state index is 12.8. The van der Waals surface area contributed by atoms with Crippen molar-refractivity contribution < 1.29 is 14.0 Å². The molecule has 27 heavy (non-hydrogen) atoms. The molecule has 2 aromatic rings. The second-order valence-corrected chi connectivity index (χ2v) is 7.40. The summed E-state index contributed by atoms with van der Waals surface area (Å²) in [5.74, 6) is 0.765. The van der Waals surface area contributed by atoms with Gasteiger partial charge in [0.05, 0.1) is 18.4 Å². The molecular formula is C21H25N3O3. The summed E-state index contributed by atoms with van der Waals surface area (Å²) in [6.07, 6.45) is 9.08. The number of carbonyl (C=O) groups is 2. The molecule has 1 aliphatic carbocycles. The molecule has 0 aromatic carbocycles. The number of hydrogen-bond donors (Lipinski definition) is 1. The number of hydrogen-bond acceptors (Lipinski definition) is 4. The largest absolute Gasteiger partial charge is 0.467 e. The fraction of sp³-hybridized carbons (Fsp3) is 0.476. The second kappa shape index (κ2) is 7.94. The fourth-order valence-electron chi connectivity index (χ4n) is 3.96. The van der Waals surface area contributed by atoms with Crippen molar-refractivity contribution in [2.45, 2.75) is 45.1 Å². The number of amides is 2. The van der Waals surface area contributed by atoms with Gasteiger partial charge in [-0.25, -0.2) is 0 Å². The topological polar surface area (TPSA) is 75.4 Å². The van der Waals surface area contributed by atoms with Crippen molar-refractivity contribution in [1.82, 2.24) is 15.2 Å². The van der Waals surface area contributed by atoms with Crippen LogP contribution in [0.5, 0.6) is 0 Å². The lowest BCUT2D eigenvalue weighted by molar-refractivity contribution is -0.126. The lowest BCUT2D eigenvalue weighted by Crippen LogP contribution is -2.43. The van der Waals surface area contributed by atoms with Crippen LogP contribution in [-0.4, -0.2) is 34.8 Å². The summed E-state index contributed by atoms with van der Waals surface area (Å²) in [7, 11) is 0.